The standard InChI is InChI=1S/C13H16ClN3O/c14-12-2-1-6-16-13(12)18-10-11-3-7-17(8-4-11)9-5-15/h1-2,6,11H,3-4,7-10H2. The van der Waals surface area contributed by atoms with Crippen LogP contribution >= 0.6 is 11.6 Å². The maximum atomic E-state index is 8.63. The lowest BCUT2D eigenvalue weighted by molar-refractivity contribution is 0.149. The van der Waals surface area contributed by atoms with Crippen molar-refractivity contribution in [1.29, 1.82) is 5.26 Å². The van der Waals surface area contributed by atoms with Gasteiger partial charge >= 0.3 is 0 Å². The van der Waals surface area contributed by atoms with Crippen molar-refractivity contribution in [2.45, 2.75) is 12.8 Å². The Morgan fingerprint density at radius 3 is 2.94 bits per heavy atom. The van der Waals surface area contributed by atoms with Crippen molar-refractivity contribution in [3.63, 3.8) is 0 Å². The van der Waals surface area contributed by atoms with Gasteiger partial charge in [0.2, 0.25) is 5.88 Å². The molecular formula is C13H16ClN3O. The minimum absolute atomic E-state index is 0.513. The molecule has 1 aliphatic heterocycles. The minimum atomic E-state index is 0.513. The van der Waals surface area contributed by atoms with Crippen LogP contribution in [0.5, 0.6) is 5.88 Å². The molecule has 0 aliphatic carbocycles. The molecule has 1 saturated heterocycles. The summed E-state index contributed by atoms with van der Waals surface area (Å²) in [6, 6.07) is 5.75. The Kier molecular flexibility index (Phi) is 4.80. The molecule has 1 aliphatic rings. The number of ether oxygens (including phenoxy) is 1. The topological polar surface area (TPSA) is 49.2 Å². The van der Waals surface area contributed by atoms with Crippen LogP contribution in [-0.2, 0) is 0 Å². The van der Waals surface area contributed by atoms with Crippen LogP contribution in [0.1, 0.15) is 12.8 Å². The molecule has 0 N–H and O–H groups in total. The molecule has 0 radical (unpaired) electrons. The minimum Gasteiger partial charge on any atom is -0.476 e. The highest BCUT2D eigenvalue weighted by atomic mass is 35.5. The molecule has 0 aromatic carbocycles. The zero-order valence-corrected chi connectivity index (χ0v) is 10.9. The molecule has 5 heteroatoms. The van der Waals surface area contributed by atoms with Gasteiger partial charge in [0.1, 0.15) is 5.02 Å². The molecule has 0 unspecified atom stereocenters. The van der Waals surface area contributed by atoms with E-state index in [0.717, 1.165) is 25.9 Å². The monoisotopic (exact) mass is 265 g/mol. The maximum absolute atomic E-state index is 8.63. The third-order valence-electron chi connectivity index (χ3n) is 3.18. The van der Waals surface area contributed by atoms with E-state index >= 15 is 0 Å². The highest BCUT2D eigenvalue weighted by Crippen LogP contribution is 2.23. The van der Waals surface area contributed by atoms with Gasteiger partial charge in [0.05, 0.1) is 19.2 Å². The Bertz CT molecular complexity index is 424. The second-order valence-corrected chi connectivity index (χ2v) is 4.89. The van der Waals surface area contributed by atoms with E-state index in [4.69, 9.17) is 21.6 Å². The molecule has 0 atom stereocenters. The summed E-state index contributed by atoms with van der Waals surface area (Å²) in [6.07, 6.45) is 3.80. The number of nitriles is 1. The first-order valence-corrected chi connectivity index (χ1v) is 6.50. The van der Waals surface area contributed by atoms with Crippen LogP contribution in [0.2, 0.25) is 5.02 Å². The largest absolute Gasteiger partial charge is 0.476 e. The fraction of sp³-hybridized carbons (Fsp3) is 0.538. The number of likely N-dealkylation sites (tertiary alicyclic amines) is 1. The molecule has 0 amide bonds. The van der Waals surface area contributed by atoms with Crippen LogP contribution in [0.4, 0.5) is 0 Å². The van der Waals surface area contributed by atoms with E-state index in [1.807, 2.05) is 0 Å². The number of pyridine rings is 1. The molecule has 2 rings (SSSR count). The van der Waals surface area contributed by atoms with Crippen molar-refractivity contribution in [2.75, 3.05) is 26.2 Å². The van der Waals surface area contributed by atoms with Gasteiger partial charge in [-0.1, -0.05) is 11.6 Å². The van der Waals surface area contributed by atoms with Crippen molar-refractivity contribution in [3.05, 3.63) is 23.4 Å². The van der Waals surface area contributed by atoms with E-state index in [-0.39, 0.29) is 0 Å². The van der Waals surface area contributed by atoms with E-state index in [1.165, 1.54) is 0 Å². The van der Waals surface area contributed by atoms with E-state index in [9.17, 15) is 0 Å². The van der Waals surface area contributed by atoms with Gasteiger partial charge in [0.15, 0.2) is 0 Å². The van der Waals surface area contributed by atoms with Crippen LogP contribution in [-0.4, -0.2) is 36.1 Å². The van der Waals surface area contributed by atoms with E-state index in [0.29, 0.717) is 30.0 Å². The predicted octanol–water partition coefficient (Wildman–Crippen LogP) is 2.35. The van der Waals surface area contributed by atoms with Crippen LogP contribution in [0.3, 0.4) is 0 Å². The molecule has 0 saturated carbocycles. The quantitative estimate of drug-likeness (QED) is 0.784. The molecule has 96 valence electrons. The van der Waals surface area contributed by atoms with Gasteiger partial charge < -0.3 is 4.74 Å². The summed E-state index contributed by atoms with van der Waals surface area (Å²) in [4.78, 5) is 6.27. The number of rotatable bonds is 4. The zero-order chi connectivity index (χ0) is 12.8. The Balaban J connectivity index is 1.76. The number of aromatic nitrogens is 1. The van der Waals surface area contributed by atoms with Crippen molar-refractivity contribution in [1.82, 2.24) is 9.88 Å². The fourth-order valence-electron chi connectivity index (χ4n) is 2.09. The molecule has 1 fully saturated rings. The number of hydrogen-bond donors (Lipinski definition) is 0. The average molecular weight is 266 g/mol. The van der Waals surface area contributed by atoms with Gasteiger partial charge in [-0.25, -0.2) is 4.98 Å². The van der Waals surface area contributed by atoms with Gasteiger partial charge in [0, 0.05) is 6.20 Å². The summed E-state index contributed by atoms with van der Waals surface area (Å²) >= 11 is 5.97. The van der Waals surface area contributed by atoms with Crippen LogP contribution in [0.25, 0.3) is 0 Å². The first kappa shape index (κ1) is 13.1. The van der Waals surface area contributed by atoms with E-state index in [1.54, 1.807) is 18.3 Å². The molecule has 2 heterocycles. The van der Waals surface area contributed by atoms with Crippen molar-refractivity contribution < 1.29 is 4.74 Å². The van der Waals surface area contributed by atoms with Gasteiger partial charge in [-0.3, -0.25) is 4.90 Å². The smallest absolute Gasteiger partial charge is 0.232 e. The fourth-order valence-corrected chi connectivity index (χ4v) is 2.26. The first-order valence-electron chi connectivity index (χ1n) is 6.12. The Labute approximate surface area is 112 Å². The van der Waals surface area contributed by atoms with Gasteiger partial charge in [-0.15, -0.1) is 0 Å². The van der Waals surface area contributed by atoms with E-state index < -0.39 is 0 Å². The summed E-state index contributed by atoms with van der Waals surface area (Å²) < 4.78 is 5.64. The number of nitrogens with zero attached hydrogens (tertiary/aromatic N) is 3. The lowest BCUT2D eigenvalue weighted by atomic mass is 9.98. The van der Waals surface area contributed by atoms with Crippen LogP contribution in [0, 0.1) is 17.2 Å². The second-order valence-electron chi connectivity index (χ2n) is 4.48. The molecule has 0 bridgehead atoms. The van der Waals surface area contributed by atoms with Crippen molar-refractivity contribution >= 4 is 11.6 Å². The van der Waals surface area contributed by atoms with Gasteiger partial charge in [-0.2, -0.15) is 5.26 Å². The first-order chi connectivity index (χ1) is 8.79. The Morgan fingerprint density at radius 1 is 1.50 bits per heavy atom. The second kappa shape index (κ2) is 6.58. The summed E-state index contributed by atoms with van der Waals surface area (Å²) in [7, 11) is 0. The lowest BCUT2D eigenvalue weighted by Crippen LogP contribution is -2.35. The third-order valence-corrected chi connectivity index (χ3v) is 3.47. The summed E-state index contributed by atoms with van der Waals surface area (Å²) in [6.45, 7) is 3.12. The molecule has 1 aromatic rings. The zero-order valence-electron chi connectivity index (χ0n) is 10.2. The van der Waals surface area contributed by atoms with Crippen LogP contribution in [0.15, 0.2) is 18.3 Å². The number of hydrogen-bond acceptors (Lipinski definition) is 4. The van der Waals surface area contributed by atoms with E-state index in [2.05, 4.69) is 16.0 Å². The molecule has 0 spiro atoms. The normalized spacial score (nSPS) is 17.3. The Hall–Kier alpha value is -1.31. The maximum Gasteiger partial charge on any atom is 0.232 e. The van der Waals surface area contributed by atoms with Crippen molar-refractivity contribution in [2.24, 2.45) is 5.92 Å². The lowest BCUT2D eigenvalue weighted by Gasteiger charge is -2.29. The van der Waals surface area contributed by atoms with Gasteiger partial charge in [0.25, 0.3) is 0 Å². The van der Waals surface area contributed by atoms with Crippen molar-refractivity contribution in [3.8, 4) is 11.9 Å². The Morgan fingerprint density at radius 2 is 2.28 bits per heavy atom. The summed E-state index contributed by atoms with van der Waals surface area (Å²) in [5.41, 5.74) is 0. The van der Waals surface area contributed by atoms with Gasteiger partial charge in [-0.05, 0) is 44.0 Å². The highest BCUT2D eigenvalue weighted by molar-refractivity contribution is 6.31. The molecule has 4 nitrogen and oxygen atoms in total. The molecular weight excluding hydrogens is 250 g/mol. The average Bonchev–Trinajstić information content (AvgIpc) is 2.40. The predicted molar refractivity (Wildman–Crippen MR) is 69.5 cm³/mol. The van der Waals surface area contributed by atoms with Crippen LogP contribution < -0.4 is 4.74 Å². The number of halogens is 1. The molecule has 18 heavy (non-hydrogen) atoms. The number of piperidine rings is 1. The SMILES string of the molecule is N#CCN1CCC(COc2ncccc2Cl)CC1. The summed E-state index contributed by atoms with van der Waals surface area (Å²) in [5, 5.41) is 9.18. The highest BCUT2D eigenvalue weighted by Gasteiger charge is 2.19. The third kappa shape index (κ3) is 3.59. The molecule has 1 aromatic heterocycles. The summed E-state index contributed by atoms with van der Waals surface area (Å²) in [5.74, 6) is 1.04.